The summed E-state index contributed by atoms with van der Waals surface area (Å²) in [7, 11) is 0. The van der Waals surface area contributed by atoms with E-state index < -0.39 is 0 Å². The smallest absolute Gasteiger partial charge is 0.321 e. The molecule has 1 spiro atoms. The van der Waals surface area contributed by atoms with Gasteiger partial charge in [0.15, 0.2) is 0 Å². The normalized spacial score (nSPS) is 25.4. The molecule has 1 aromatic carbocycles. The number of carbonyl (C=O) groups excluding carboxylic acids is 1. The lowest BCUT2D eigenvalue weighted by Gasteiger charge is -2.23. The summed E-state index contributed by atoms with van der Waals surface area (Å²) < 4.78 is 0. The van der Waals surface area contributed by atoms with Crippen molar-refractivity contribution in [3.63, 3.8) is 0 Å². The lowest BCUT2D eigenvalue weighted by molar-refractivity contribution is 0.215. The third-order valence-electron chi connectivity index (χ3n) is 4.08. The van der Waals surface area contributed by atoms with E-state index in [0.29, 0.717) is 5.41 Å². The number of rotatable bonds is 1. The average Bonchev–Trinajstić information content (AvgIpc) is 3.02. The predicted molar refractivity (Wildman–Crippen MR) is 78.8 cm³/mol. The molecule has 104 valence electrons. The first-order valence-corrected chi connectivity index (χ1v) is 6.59. The Labute approximate surface area is 120 Å². The summed E-state index contributed by atoms with van der Waals surface area (Å²) in [6.45, 7) is 3.91. The number of urea groups is 1. The van der Waals surface area contributed by atoms with Crippen LogP contribution in [0.15, 0.2) is 30.3 Å². The molecule has 3 rings (SSSR count). The quantitative estimate of drug-likeness (QED) is 0.830. The number of carbonyl (C=O) groups is 1. The van der Waals surface area contributed by atoms with Crippen molar-refractivity contribution in [2.75, 3.05) is 31.5 Å². The van der Waals surface area contributed by atoms with Gasteiger partial charge in [-0.05, 0) is 31.5 Å². The maximum atomic E-state index is 12.1. The van der Waals surface area contributed by atoms with E-state index in [1.165, 1.54) is 6.42 Å². The number of anilines is 1. The largest absolute Gasteiger partial charge is 0.324 e. The summed E-state index contributed by atoms with van der Waals surface area (Å²) in [6, 6.07) is 9.68. The van der Waals surface area contributed by atoms with Crippen LogP contribution in [0.1, 0.15) is 12.8 Å². The van der Waals surface area contributed by atoms with Crippen molar-refractivity contribution in [3.05, 3.63) is 30.3 Å². The van der Waals surface area contributed by atoms with Crippen molar-refractivity contribution < 1.29 is 4.79 Å². The first-order chi connectivity index (χ1) is 8.77. The summed E-state index contributed by atoms with van der Waals surface area (Å²) >= 11 is 0. The van der Waals surface area contributed by atoms with Crippen LogP contribution in [0, 0.1) is 5.41 Å². The van der Waals surface area contributed by atoms with Crippen LogP contribution in [0.25, 0.3) is 0 Å². The fourth-order valence-corrected chi connectivity index (χ4v) is 2.98. The number of likely N-dealkylation sites (tertiary alicyclic amines) is 1. The van der Waals surface area contributed by atoms with Gasteiger partial charge < -0.3 is 15.5 Å². The number of nitrogens with one attached hydrogen (secondary N) is 2. The van der Waals surface area contributed by atoms with Gasteiger partial charge in [-0.25, -0.2) is 4.79 Å². The van der Waals surface area contributed by atoms with Gasteiger partial charge in [0.2, 0.25) is 0 Å². The van der Waals surface area contributed by atoms with E-state index in [2.05, 4.69) is 10.6 Å². The van der Waals surface area contributed by atoms with Crippen molar-refractivity contribution in [1.82, 2.24) is 10.2 Å². The standard InChI is InChI=1S/C14H19N3O.ClH/c18-13(16-12-4-2-1-3-5-12)17-9-7-14(11-17)6-8-15-10-14;/h1-5,15H,6-11H2,(H,16,18);1H. The molecule has 1 unspecified atom stereocenters. The average molecular weight is 282 g/mol. The molecular weight excluding hydrogens is 262 g/mol. The lowest BCUT2D eigenvalue weighted by atomic mass is 9.87. The third-order valence-corrected chi connectivity index (χ3v) is 4.08. The minimum Gasteiger partial charge on any atom is -0.324 e. The highest BCUT2D eigenvalue weighted by Crippen LogP contribution is 2.36. The molecule has 2 aliphatic heterocycles. The molecule has 4 nitrogen and oxygen atoms in total. The Morgan fingerprint density at radius 3 is 2.74 bits per heavy atom. The maximum Gasteiger partial charge on any atom is 0.321 e. The van der Waals surface area contributed by atoms with Gasteiger partial charge in [-0.3, -0.25) is 0 Å². The minimum atomic E-state index is 0. The van der Waals surface area contributed by atoms with Gasteiger partial charge in [-0.1, -0.05) is 18.2 Å². The fraction of sp³-hybridized carbons (Fsp3) is 0.500. The van der Waals surface area contributed by atoms with E-state index >= 15 is 0 Å². The van der Waals surface area contributed by atoms with Crippen LogP contribution < -0.4 is 10.6 Å². The number of benzene rings is 1. The zero-order valence-corrected chi connectivity index (χ0v) is 11.7. The molecule has 0 saturated carbocycles. The molecule has 0 bridgehead atoms. The Kier molecular flexibility index (Phi) is 4.32. The first kappa shape index (κ1) is 14.2. The summed E-state index contributed by atoms with van der Waals surface area (Å²) in [5, 5.41) is 6.36. The molecule has 2 N–H and O–H groups in total. The van der Waals surface area contributed by atoms with E-state index in [1.807, 2.05) is 35.2 Å². The van der Waals surface area contributed by atoms with E-state index in [1.54, 1.807) is 0 Å². The van der Waals surface area contributed by atoms with Gasteiger partial charge >= 0.3 is 6.03 Å². The Morgan fingerprint density at radius 2 is 2.05 bits per heavy atom. The molecule has 1 atom stereocenters. The Morgan fingerprint density at radius 1 is 1.26 bits per heavy atom. The van der Waals surface area contributed by atoms with Gasteiger partial charge in [0.05, 0.1) is 0 Å². The second kappa shape index (κ2) is 5.80. The van der Waals surface area contributed by atoms with Gasteiger partial charge in [0.1, 0.15) is 0 Å². The highest BCUT2D eigenvalue weighted by Gasteiger charge is 2.41. The van der Waals surface area contributed by atoms with Crippen LogP contribution in [0.3, 0.4) is 0 Å². The van der Waals surface area contributed by atoms with Crippen LogP contribution in [0.2, 0.25) is 0 Å². The number of para-hydroxylation sites is 1. The fourth-order valence-electron chi connectivity index (χ4n) is 2.98. The van der Waals surface area contributed by atoms with Crippen LogP contribution in [0.4, 0.5) is 10.5 Å². The molecule has 2 fully saturated rings. The van der Waals surface area contributed by atoms with Gasteiger partial charge in [-0.2, -0.15) is 0 Å². The third kappa shape index (κ3) is 3.01. The van der Waals surface area contributed by atoms with Crippen LogP contribution in [-0.4, -0.2) is 37.1 Å². The van der Waals surface area contributed by atoms with Crippen molar-refractivity contribution in [2.45, 2.75) is 12.8 Å². The molecule has 19 heavy (non-hydrogen) atoms. The minimum absolute atomic E-state index is 0. The second-order valence-corrected chi connectivity index (χ2v) is 5.39. The van der Waals surface area contributed by atoms with Crippen LogP contribution in [-0.2, 0) is 0 Å². The van der Waals surface area contributed by atoms with Crippen molar-refractivity contribution in [1.29, 1.82) is 0 Å². The van der Waals surface area contributed by atoms with Crippen molar-refractivity contribution >= 4 is 24.1 Å². The Balaban J connectivity index is 0.00000133. The van der Waals surface area contributed by atoms with Crippen LogP contribution >= 0.6 is 12.4 Å². The van der Waals surface area contributed by atoms with E-state index in [0.717, 1.165) is 38.3 Å². The SMILES string of the molecule is Cl.O=C(Nc1ccccc1)N1CCC2(CCNC2)C1. The number of halogens is 1. The number of amides is 2. The Bertz CT molecular complexity index is 432. The van der Waals surface area contributed by atoms with Crippen LogP contribution in [0.5, 0.6) is 0 Å². The topological polar surface area (TPSA) is 44.4 Å². The molecule has 1 aromatic rings. The van der Waals surface area contributed by atoms with Crippen molar-refractivity contribution in [3.8, 4) is 0 Å². The molecule has 2 amide bonds. The molecule has 0 radical (unpaired) electrons. The second-order valence-electron chi connectivity index (χ2n) is 5.39. The number of hydrogen-bond donors (Lipinski definition) is 2. The van der Waals surface area contributed by atoms with E-state index in [4.69, 9.17) is 0 Å². The zero-order valence-electron chi connectivity index (χ0n) is 10.9. The Hall–Kier alpha value is -1.26. The zero-order chi connectivity index (χ0) is 12.4. The summed E-state index contributed by atoms with van der Waals surface area (Å²) in [6.07, 6.45) is 2.32. The van der Waals surface area contributed by atoms with Gasteiger partial charge in [0.25, 0.3) is 0 Å². The number of nitrogens with zero attached hydrogens (tertiary/aromatic N) is 1. The highest BCUT2D eigenvalue weighted by atomic mass is 35.5. The predicted octanol–water partition coefficient (Wildman–Crippen LogP) is 2.33. The monoisotopic (exact) mass is 281 g/mol. The van der Waals surface area contributed by atoms with Gasteiger partial charge in [-0.15, -0.1) is 12.4 Å². The molecular formula is C14H20ClN3O. The summed E-state index contributed by atoms with van der Waals surface area (Å²) in [4.78, 5) is 14.1. The maximum absolute atomic E-state index is 12.1. The van der Waals surface area contributed by atoms with E-state index in [-0.39, 0.29) is 18.4 Å². The van der Waals surface area contributed by atoms with Gasteiger partial charge in [0, 0.05) is 30.7 Å². The molecule has 0 aliphatic carbocycles. The molecule has 2 aliphatic rings. The summed E-state index contributed by atoms with van der Waals surface area (Å²) in [5.41, 5.74) is 1.21. The van der Waals surface area contributed by atoms with E-state index in [9.17, 15) is 4.79 Å². The van der Waals surface area contributed by atoms with Crippen molar-refractivity contribution in [2.24, 2.45) is 5.41 Å². The molecule has 2 saturated heterocycles. The highest BCUT2D eigenvalue weighted by molar-refractivity contribution is 5.89. The molecule has 0 aromatic heterocycles. The number of hydrogen-bond acceptors (Lipinski definition) is 2. The first-order valence-electron chi connectivity index (χ1n) is 6.59. The lowest BCUT2D eigenvalue weighted by Crippen LogP contribution is -2.36. The molecule has 5 heteroatoms. The molecule has 2 heterocycles. The summed E-state index contributed by atoms with van der Waals surface area (Å²) in [5.74, 6) is 0.